The molecule has 0 amide bonds. The van der Waals surface area contributed by atoms with Crippen LogP contribution >= 0.6 is 0 Å². The van der Waals surface area contributed by atoms with Crippen LogP contribution in [-0.2, 0) is 9.59 Å². The fourth-order valence-corrected chi connectivity index (χ4v) is 3.00. The van der Waals surface area contributed by atoms with E-state index in [0.29, 0.717) is 10.8 Å². The van der Waals surface area contributed by atoms with Gasteiger partial charge < -0.3 is 15.3 Å². The first-order valence-corrected chi connectivity index (χ1v) is 7.25. The number of aliphatic hydroxyl groups excluding tert-OH is 1. The molecule has 6 heteroatoms. The third-order valence-corrected chi connectivity index (χ3v) is 4.14. The average molecular weight is 317 g/mol. The Morgan fingerprint density at radius 3 is 2.22 bits per heavy atom. The number of rotatable bonds is 4. The van der Waals surface area contributed by atoms with Crippen LogP contribution in [0, 0.1) is 11.8 Å². The number of hydrogen-bond acceptors (Lipinski definition) is 4. The zero-order chi connectivity index (χ0) is 17.3. The molecule has 2 rings (SSSR count). The zero-order valence-electron chi connectivity index (χ0n) is 12.9. The van der Waals surface area contributed by atoms with Crippen molar-refractivity contribution in [1.29, 1.82) is 0 Å². The van der Waals surface area contributed by atoms with Crippen molar-refractivity contribution < 1.29 is 24.9 Å². The van der Waals surface area contributed by atoms with Crippen LogP contribution in [0.4, 0.5) is 0 Å². The van der Waals surface area contributed by atoms with E-state index in [1.807, 2.05) is 0 Å². The van der Waals surface area contributed by atoms with Crippen molar-refractivity contribution in [3.63, 3.8) is 0 Å². The molecule has 23 heavy (non-hydrogen) atoms. The van der Waals surface area contributed by atoms with Gasteiger partial charge in [0.15, 0.2) is 0 Å². The lowest BCUT2D eigenvalue weighted by molar-refractivity contribution is -0.146. The number of aliphatic hydroxyl groups is 1. The Morgan fingerprint density at radius 1 is 1.22 bits per heavy atom. The second-order valence-electron chi connectivity index (χ2n) is 5.78. The van der Waals surface area contributed by atoms with Gasteiger partial charge in [-0.25, -0.2) is 4.79 Å². The van der Waals surface area contributed by atoms with E-state index in [1.165, 1.54) is 6.92 Å². The Bertz CT molecular complexity index is 757. The summed E-state index contributed by atoms with van der Waals surface area (Å²) in [5.74, 6) is -4.00. The molecule has 1 heterocycles. The van der Waals surface area contributed by atoms with E-state index in [2.05, 4.69) is 11.6 Å². The van der Waals surface area contributed by atoms with Gasteiger partial charge in [-0.1, -0.05) is 37.8 Å². The Hall–Kier alpha value is -2.47. The minimum absolute atomic E-state index is 0.147. The Morgan fingerprint density at radius 2 is 1.78 bits per heavy atom. The van der Waals surface area contributed by atoms with E-state index >= 15 is 0 Å². The lowest BCUT2D eigenvalue weighted by Crippen LogP contribution is -2.38. The van der Waals surface area contributed by atoms with Crippen molar-refractivity contribution in [2.75, 3.05) is 0 Å². The van der Waals surface area contributed by atoms with Gasteiger partial charge in [-0.2, -0.15) is 0 Å². The lowest BCUT2D eigenvalue weighted by atomic mass is 9.83. The highest BCUT2D eigenvalue weighted by Gasteiger charge is 2.43. The van der Waals surface area contributed by atoms with Gasteiger partial charge in [0.2, 0.25) is 0 Å². The molecule has 0 aromatic heterocycles. The minimum Gasteiger partial charge on any atom is -0.481 e. The summed E-state index contributed by atoms with van der Waals surface area (Å²) >= 11 is 0. The number of aliphatic carboxylic acids is 2. The molecule has 122 valence electrons. The van der Waals surface area contributed by atoms with Crippen molar-refractivity contribution in [3.05, 3.63) is 34.7 Å². The predicted molar refractivity (Wildman–Crippen MR) is 85.5 cm³/mol. The van der Waals surface area contributed by atoms with Gasteiger partial charge in [-0.05, 0) is 22.9 Å². The van der Waals surface area contributed by atoms with E-state index in [9.17, 15) is 24.9 Å². The summed E-state index contributed by atoms with van der Waals surface area (Å²) in [5, 5.41) is 30.0. The zero-order valence-corrected chi connectivity index (χ0v) is 12.9. The lowest BCUT2D eigenvalue weighted by Gasteiger charge is -2.24. The molecule has 4 atom stereocenters. The first kappa shape index (κ1) is 16.9. The van der Waals surface area contributed by atoms with Gasteiger partial charge >= 0.3 is 11.9 Å². The molecule has 0 saturated heterocycles. The third kappa shape index (κ3) is 3.17. The van der Waals surface area contributed by atoms with E-state index < -0.39 is 35.9 Å². The molecule has 0 aliphatic carbocycles. The molecule has 0 unspecified atom stereocenters. The molecule has 1 aromatic rings. The van der Waals surface area contributed by atoms with Crippen LogP contribution < -0.4 is 10.4 Å². The standard InChI is InChI=1S/C17H19NO5/c1-8-4-6-11(7-5-8)12-9(2)14(18-15(12)17(22)23)13(10(3)19)16(20)21/h4-7,9-10,13-14,19H,1H2,2-3H3,(H,20,21)(H,22,23)/t9-,10+,13+,14+/m0/s1. The number of hydrogen-bond donors (Lipinski definition) is 3. The predicted octanol–water partition coefficient (Wildman–Crippen LogP) is -0.127. The van der Waals surface area contributed by atoms with E-state index in [-0.39, 0.29) is 5.71 Å². The summed E-state index contributed by atoms with van der Waals surface area (Å²) in [6.07, 6.45) is -1.14. The van der Waals surface area contributed by atoms with Gasteiger partial charge in [-0.3, -0.25) is 9.79 Å². The summed E-state index contributed by atoms with van der Waals surface area (Å²) in [4.78, 5) is 27.1. The summed E-state index contributed by atoms with van der Waals surface area (Å²) in [7, 11) is 0. The molecule has 0 spiro atoms. The number of nitrogens with zero attached hydrogens (tertiary/aromatic N) is 1. The molecule has 1 aromatic carbocycles. The minimum atomic E-state index is -1.21. The number of benzene rings is 1. The quantitative estimate of drug-likeness (QED) is 0.717. The molecular weight excluding hydrogens is 298 g/mol. The molecule has 0 fully saturated rings. The van der Waals surface area contributed by atoms with Crippen LogP contribution in [0.3, 0.4) is 0 Å². The third-order valence-electron chi connectivity index (χ3n) is 4.14. The van der Waals surface area contributed by atoms with Crippen molar-refractivity contribution in [1.82, 2.24) is 0 Å². The van der Waals surface area contributed by atoms with Gasteiger partial charge in [0.05, 0.1) is 12.1 Å². The fourth-order valence-electron chi connectivity index (χ4n) is 3.00. The summed E-state index contributed by atoms with van der Waals surface area (Å²) in [6.45, 7) is 6.89. The van der Waals surface area contributed by atoms with Gasteiger partial charge in [0.1, 0.15) is 11.6 Å². The largest absolute Gasteiger partial charge is 0.481 e. The molecule has 0 bridgehead atoms. The van der Waals surface area contributed by atoms with Crippen molar-refractivity contribution in [2.24, 2.45) is 16.8 Å². The maximum Gasteiger partial charge on any atom is 0.354 e. The molecule has 6 nitrogen and oxygen atoms in total. The van der Waals surface area contributed by atoms with Gasteiger partial charge in [0, 0.05) is 5.92 Å². The molecule has 1 aliphatic rings. The van der Waals surface area contributed by atoms with Crippen molar-refractivity contribution in [3.8, 4) is 0 Å². The SMILES string of the molecule is C=c1ccc(=C2C(C(=O)O)=N[C@@H]([C@H](C(=O)O)[C@@H](C)O)[C@H]2C)cc1. The highest BCUT2D eigenvalue weighted by Crippen LogP contribution is 2.33. The Kier molecular flexibility index (Phi) is 4.65. The smallest absolute Gasteiger partial charge is 0.354 e. The molecule has 3 N–H and O–H groups in total. The Balaban J connectivity index is 2.63. The average Bonchev–Trinajstić information content (AvgIpc) is 2.77. The maximum absolute atomic E-state index is 11.5. The molecular formula is C17H19NO5. The van der Waals surface area contributed by atoms with Crippen molar-refractivity contribution >= 4 is 29.8 Å². The Labute approximate surface area is 133 Å². The number of carbonyl (C=O) groups is 2. The highest BCUT2D eigenvalue weighted by molar-refractivity contribution is 6.52. The van der Waals surface area contributed by atoms with Crippen LogP contribution in [0.2, 0.25) is 0 Å². The van der Waals surface area contributed by atoms with Crippen LogP contribution in [0.1, 0.15) is 13.8 Å². The number of aliphatic imine (C=N–C) groups is 1. The monoisotopic (exact) mass is 317 g/mol. The van der Waals surface area contributed by atoms with Crippen LogP contribution in [0.25, 0.3) is 12.2 Å². The number of carboxylic acids is 2. The number of carboxylic acid groups (broad SMARTS) is 2. The summed E-state index contributed by atoms with van der Waals surface area (Å²) < 4.78 is 0. The van der Waals surface area contributed by atoms with Crippen LogP contribution in [0.5, 0.6) is 0 Å². The highest BCUT2D eigenvalue weighted by atomic mass is 16.4. The molecule has 1 aliphatic heterocycles. The van der Waals surface area contributed by atoms with E-state index in [4.69, 9.17) is 0 Å². The second kappa shape index (κ2) is 6.34. The van der Waals surface area contributed by atoms with Crippen LogP contribution in [-0.4, -0.2) is 45.1 Å². The molecule has 0 saturated carbocycles. The second-order valence-corrected chi connectivity index (χ2v) is 5.78. The van der Waals surface area contributed by atoms with E-state index in [0.717, 1.165) is 5.22 Å². The first-order valence-electron chi connectivity index (χ1n) is 7.25. The van der Waals surface area contributed by atoms with E-state index in [1.54, 1.807) is 31.2 Å². The normalized spacial score (nSPS) is 23.3. The van der Waals surface area contributed by atoms with Crippen molar-refractivity contribution in [2.45, 2.75) is 26.0 Å². The fraction of sp³-hybridized carbons (Fsp3) is 0.353. The van der Waals surface area contributed by atoms with Crippen LogP contribution in [0.15, 0.2) is 29.3 Å². The first-order chi connectivity index (χ1) is 10.7. The molecule has 0 radical (unpaired) electrons. The maximum atomic E-state index is 11.5. The summed E-state index contributed by atoms with van der Waals surface area (Å²) in [5.41, 5.74) is 0.334. The summed E-state index contributed by atoms with van der Waals surface area (Å²) in [6, 6.07) is 6.17. The topological polar surface area (TPSA) is 107 Å². The van der Waals surface area contributed by atoms with Gasteiger partial charge in [0.25, 0.3) is 0 Å². The van der Waals surface area contributed by atoms with Gasteiger partial charge in [-0.15, -0.1) is 0 Å².